The molecule has 2 bridgehead atoms. The van der Waals surface area contributed by atoms with E-state index >= 15 is 0 Å². The number of nitrogens with zero attached hydrogens (tertiary/aromatic N) is 1. The van der Waals surface area contributed by atoms with E-state index in [0.29, 0.717) is 6.42 Å². The predicted octanol–water partition coefficient (Wildman–Crippen LogP) is 2.05. The van der Waals surface area contributed by atoms with Crippen molar-refractivity contribution >= 4 is 39.2 Å². The molecule has 0 radical (unpaired) electrons. The molecule has 1 saturated carbocycles. The van der Waals surface area contributed by atoms with Crippen LogP contribution in [0.5, 0.6) is 0 Å². The van der Waals surface area contributed by atoms with Crippen LogP contribution in [0.2, 0.25) is 5.02 Å². The number of anilines is 1. The van der Waals surface area contributed by atoms with Crippen LogP contribution in [0.15, 0.2) is 35.2 Å². The van der Waals surface area contributed by atoms with Crippen LogP contribution in [-0.2, 0) is 19.6 Å². The minimum absolute atomic E-state index is 0.0444. The highest BCUT2D eigenvalue weighted by molar-refractivity contribution is 7.89. The molecule has 26 heavy (non-hydrogen) atoms. The number of benzene rings is 1. The molecule has 2 aliphatic carbocycles. The standard InChI is InChI=1S/C17H19ClN2O5S/c1-20(2)26(24,25)13-8-11(5-6-12(13)18)19-16(21)14-9-3-4-10(7-9)15(14)17(22)23/h3-6,8-10,14-15H,7H2,1-2H3,(H,19,21)(H,22,23)/t9-,10-,14-,15-/m0/s1. The molecule has 0 spiro atoms. The molecule has 4 atom stereocenters. The highest BCUT2D eigenvalue weighted by Crippen LogP contribution is 2.48. The van der Waals surface area contributed by atoms with Crippen LogP contribution < -0.4 is 5.32 Å². The van der Waals surface area contributed by atoms with E-state index in [1.165, 1.54) is 32.3 Å². The van der Waals surface area contributed by atoms with Gasteiger partial charge in [0.15, 0.2) is 0 Å². The summed E-state index contributed by atoms with van der Waals surface area (Å²) < 4.78 is 25.7. The molecule has 7 nitrogen and oxygen atoms in total. The number of allylic oxidation sites excluding steroid dienone is 2. The average molecular weight is 399 g/mol. The van der Waals surface area contributed by atoms with Gasteiger partial charge in [0, 0.05) is 19.8 Å². The van der Waals surface area contributed by atoms with Gasteiger partial charge in [0.2, 0.25) is 15.9 Å². The minimum atomic E-state index is -3.77. The lowest BCUT2D eigenvalue weighted by molar-refractivity contribution is -0.146. The molecular weight excluding hydrogens is 380 g/mol. The monoisotopic (exact) mass is 398 g/mol. The summed E-state index contributed by atoms with van der Waals surface area (Å²) in [6.07, 6.45) is 4.39. The molecule has 1 amide bonds. The van der Waals surface area contributed by atoms with Crippen LogP contribution in [0.1, 0.15) is 6.42 Å². The molecule has 0 aliphatic heterocycles. The molecule has 1 aromatic carbocycles. The summed E-state index contributed by atoms with van der Waals surface area (Å²) in [6.45, 7) is 0. The second kappa shape index (κ2) is 6.68. The van der Waals surface area contributed by atoms with Gasteiger partial charge in [-0.1, -0.05) is 23.8 Å². The van der Waals surface area contributed by atoms with Gasteiger partial charge in [0.05, 0.1) is 16.9 Å². The molecule has 0 unspecified atom stereocenters. The fraction of sp³-hybridized carbons (Fsp3) is 0.412. The van der Waals surface area contributed by atoms with Gasteiger partial charge in [-0.3, -0.25) is 9.59 Å². The fourth-order valence-corrected chi connectivity index (χ4v) is 5.11. The van der Waals surface area contributed by atoms with Crippen molar-refractivity contribution in [1.82, 2.24) is 4.31 Å². The summed E-state index contributed by atoms with van der Waals surface area (Å²) >= 11 is 6.00. The Hall–Kier alpha value is -1.90. The van der Waals surface area contributed by atoms with Crippen LogP contribution in [0.3, 0.4) is 0 Å². The summed E-state index contributed by atoms with van der Waals surface area (Å²) in [5, 5.41) is 12.2. The van der Waals surface area contributed by atoms with Crippen LogP contribution in [0, 0.1) is 23.7 Å². The molecule has 0 heterocycles. The van der Waals surface area contributed by atoms with Crippen LogP contribution in [0.4, 0.5) is 5.69 Å². The molecule has 9 heteroatoms. The molecule has 0 aromatic heterocycles. The number of halogens is 1. The number of carbonyl (C=O) groups excluding carboxylic acids is 1. The predicted molar refractivity (Wildman–Crippen MR) is 96.3 cm³/mol. The van der Waals surface area contributed by atoms with Crippen molar-refractivity contribution < 1.29 is 23.1 Å². The first-order valence-electron chi connectivity index (χ1n) is 8.07. The number of rotatable bonds is 5. The van der Waals surface area contributed by atoms with Gasteiger partial charge in [-0.15, -0.1) is 0 Å². The zero-order chi connectivity index (χ0) is 19.2. The Balaban J connectivity index is 1.87. The normalized spacial score (nSPS) is 27.1. The number of fused-ring (bicyclic) bond motifs is 2. The molecule has 2 N–H and O–H groups in total. The first-order chi connectivity index (χ1) is 12.1. The Morgan fingerprint density at radius 2 is 1.81 bits per heavy atom. The smallest absolute Gasteiger partial charge is 0.307 e. The molecule has 3 rings (SSSR count). The first-order valence-corrected chi connectivity index (χ1v) is 9.89. The molecule has 0 saturated heterocycles. The van der Waals surface area contributed by atoms with E-state index in [-0.39, 0.29) is 27.4 Å². The largest absolute Gasteiger partial charge is 0.481 e. The number of amides is 1. The number of sulfonamides is 1. The van der Waals surface area contributed by atoms with Crippen molar-refractivity contribution in [3.63, 3.8) is 0 Å². The molecule has 1 aromatic rings. The zero-order valence-electron chi connectivity index (χ0n) is 14.2. The van der Waals surface area contributed by atoms with E-state index in [1.807, 2.05) is 12.2 Å². The Kier molecular flexibility index (Phi) is 4.85. The Morgan fingerprint density at radius 1 is 1.19 bits per heavy atom. The van der Waals surface area contributed by atoms with E-state index < -0.39 is 33.7 Å². The maximum absolute atomic E-state index is 12.7. The van der Waals surface area contributed by atoms with Gasteiger partial charge in [-0.05, 0) is 36.5 Å². The van der Waals surface area contributed by atoms with E-state index in [2.05, 4.69) is 5.32 Å². The van der Waals surface area contributed by atoms with E-state index in [1.54, 1.807) is 0 Å². The number of carbonyl (C=O) groups is 2. The molecule has 1 fully saturated rings. The van der Waals surface area contributed by atoms with Gasteiger partial charge in [-0.25, -0.2) is 12.7 Å². The summed E-state index contributed by atoms with van der Waals surface area (Å²) in [5.74, 6) is -3.10. The number of carboxylic acid groups (broad SMARTS) is 1. The Morgan fingerprint density at radius 3 is 2.38 bits per heavy atom. The lowest BCUT2D eigenvalue weighted by atomic mass is 9.82. The highest BCUT2D eigenvalue weighted by Gasteiger charge is 2.51. The summed E-state index contributed by atoms with van der Waals surface area (Å²) in [6, 6.07) is 4.17. The summed E-state index contributed by atoms with van der Waals surface area (Å²) in [7, 11) is -1.00. The average Bonchev–Trinajstić information content (AvgIpc) is 3.17. The van der Waals surface area contributed by atoms with Crippen molar-refractivity contribution in [2.45, 2.75) is 11.3 Å². The number of nitrogens with one attached hydrogen (secondary N) is 1. The maximum Gasteiger partial charge on any atom is 0.307 e. The molecular formula is C17H19ClN2O5S. The van der Waals surface area contributed by atoms with Crippen molar-refractivity contribution in [2.75, 3.05) is 19.4 Å². The number of carboxylic acids is 1. The third-order valence-corrected chi connectivity index (χ3v) is 7.30. The quantitative estimate of drug-likeness (QED) is 0.739. The third-order valence-electron chi connectivity index (χ3n) is 5.00. The minimum Gasteiger partial charge on any atom is -0.481 e. The Labute approximate surface area is 156 Å². The second-order valence-electron chi connectivity index (χ2n) is 6.76. The van der Waals surface area contributed by atoms with Crippen LogP contribution in [-0.4, -0.2) is 43.8 Å². The van der Waals surface area contributed by atoms with Gasteiger partial charge < -0.3 is 10.4 Å². The van der Waals surface area contributed by atoms with E-state index in [0.717, 1.165) is 4.31 Å². The second-order valence-corrected chi connectivity index (χ2v) is 9.29. The number of hydrogen-bond acceptors (Lipinski definition) is 4. The first kappa shape index (κ1) is 18.9. The lowest BCUT2D eigenvalue weighted by Gasteiger charge is -2.24. The van der Waals surface area contributed by atoms with Gasteiger partial charge in [-0.2, -0.15) is 0 Å². The van der Waals surface area contributed by atoms with Crippen molar-refractivity contribution in [3.8, 4) is 0 Å². The zero-order valence-corrected chi connectivity index (χ0v) is 15.8. The fourth-order valence-electron chi connectivity index (χ4n) is 3.72. The molecule has 140 valence electrons. The lowest BCUT2D eigenvalue weighted by Crippen LogP contribution is -2.36. The molecule has 2 aliphatic rings. The van der Waals surface area contributed by atoms with Crippen molar-refractivity contribution in [2.24, 2.45) is 23.7 Å². The van der Waals surface area contributed by atoms with Crippen molar-refractivity contribution in [1.29, 1.82) is 0 Å². The SMILES string of the molecule is CN(C)S(=O)(=O)c1cc(NC(=O)[C@@H]2[C@@H](C(=O)O)[C@H]3C=C[C@H]2C3)ccc1Cl. The third kappa shape index (κ3) is 3.13. The van der Waals surface area contributed by atoms with Crippen molar-refractivity contribution in [3.05, 3.63) is 35.4 Å². The Bertz CT molecular complexity index is 896. The van der Waals surface area contributed by atoms with Gasteiger partial charge in [0.25, 0.3) is 0 Å². The number of aliphatic carboxylic acids is 1. The topological polar surface area (TPSA) is 104 Å². The van der Waals surface area contributed by atoms with Crippen LogP contribution in [0.25, 0.3) is 0 Å². The van der Waals surface area contributed by atoms with E-state index in [4.69, 9.17) is 11.6 Å². The van der Waals surface area contributed by atoms with Gasteiger partial charge >= 0.3 is 5.97 Å². The maximum atomic E-state index is 12.7. The van der Waals surface area contributed by atoms with E-state index in [9.17, 15) is 23.1 Å². The summed E-state index contributed by atoms with van der Waals surface area (Å²) in [4.78, 5) is 24.1. The highest BCUT2D eigenvalue weighted by atomic mass is 35.5. The van der Waals surface area contributed by atoms with Crippen LogP contribution >= 0.6 is 11.6 Å². The summed E-state index contributed by atoms with van der Waals surface area (Å²) in [5.41, 5.74) is 0.260. The van der Waals surface area contributed by atoms with Gasteiger partial charge in [0.1, 0.15) is 4.90 Å². The number of hydrogen-bond donors (Lipinski definition) is 2.